The van der Waals surface area contributed by atoms with Crippen molar-refractivity contribution in [3.8, 4) is 0 Å². The summed E-state index contributed by atoms with van der Waals surface area (Å²) in [6.07, 6.45) is 8.82. The van der Waals surface area contributed by atoms with Crippen LogP contribution in [-0.4, -0.2) is 0 Å². The Bertz CT molecular complexity index is 157. The maximum atomic E-state index is 3.74. The summed E-state index contributed by atoms with van der Waals surface area (Å²) in [6, 6.07) is 0. The molecule has 0 rings (SSSR count). The molecule has 0 atom stereocenters. The van der Waals surface area contributed by atoms with E-state index in [1.165, 1.54) is 24.8 Å². The van der Waals surface area contributed by atoms with Crippen molar-refractivity contribution in [2.75, 3.05) is 0 Å². The predicted octanol–water partition coefficient (Wildman–Crippen LogP) is 3.85. The van der Waals surface area contributed by atoms with E-state index in [0.29, 0.717) is 0 Å². The molecule has 0 nitrogen and oxygen atoms in total. The summed E-state index contributed by atoms with van der Waals surface area (Å²) in [5, 5.41) is 0. The molecular formula is C11H18. The van der Waals surface area contributed by atoms with Gasteiger partial charge in [-0.2, -0.15) is 0 Å². The third-order valence-corrected chi connectivity index (χ3v) is 1.63. The molecule has 0 N–H and O–H groups in total. The van der Waals surface area contributed by atoms with Crippen LogP contribution in [-0.2, 0) is 0 Å². The van der Waals surface area contributed by atoms with E-state index in [9.17, 15) is 0 Å². The van der Waals surface area contributed by atoms with Crippen LogP contribution in [0.2, 0.25) is 0 Å². The molecule has 0 spiro atoms. The maximum absolute atomic E-state index is 3.74. The molecule has 0 saturated heterocycles. The summed E-state index contributed by atoms with van der Waals surface area (Å²) >= 11 is 0. The topological polar surface area (TPSA) is 0 Å². The second-order valence-corrected chi connectivity index (χ2v) is 2.62. The molecule has 0 unspecified atom stereocenters. The smallest absolute Gasteiger partial charge is 0.00697 e. The zero-order valence-corrected chi connectivity index (χ0v) is 7.69. The van der Waals surface area contributed by atoms with Crippen LogP contribution in [0, 0.1) is 0 Å². The number of rotatable bonds is 5. The van der Waals surface area contributed by atoms with Crippen LogP contribution in [0.4, 0.5) is 0 Å². The highest BCUT2D eigenvalue weighted by atomic mass is 13.9. The number of unbranched alkanes of at least 4 members (excludes halogenated alkanes) is 2. The van der Waals surface area contributed by atoms with Crippen LogP contribution in [0.3, 0.4) is 0 Å². The second kappa shape index (κ2) is 7.37. The van der Waals surface area contributed by atoms with E-state index >= 15 is 0 Å². The molecular weight excluding hydrogens is 132 g/mol. The van der Waals surface area contributed by atoms with E-state index in [1.54, 1.807) is 0 Å². The fourth-order valence-corrected chi connectivity index (χ4v) is 0.984. The van der Waals surface area contributed by atoms with E-state index in [-0.39, 0.29) is 0 Å². The van der Waals surface area contributed by atoms with Gasteiger partial charge in [-0.15, -0.1) is 5.73 Å². The molecule has 0 radical (unpaired) electrons. The molecule has 0 saturated carbocycles. The van der Waals surface area contributed by atoms with Gasteiger partial charge >= 0.3 is 0 Å². The van der Waals surface area contributed by atoms with Crippen molar-refractivity contribution in [3.63, 3.8) is 0 Å². The summed E-state index contributed by atoms with van der Waals surface area (Å²) < 4.78 is 0. The third-order valence-electron chi connectivity index (χ3n) is 1.63. The van der Waals surface area contributed by atoms with Crippen LogP contribution in [0.1, 0.15) is 39.5 Å². The summed E-state index contributed by atoms with van der Waals surface area (Å²) in [7, 11) is 0. The Morgan fingerprint density at radius 2 is 2.18 bits per heavy atom. The molecule has 11 heavy (non-hydrogen) atoms. The Labute approximate surface area is 70.3 Å². The largest absolute Gasteiger partial charge is 0.122 e. The molecule has 0 aromatic heterocycles. The SMILES string of the molecule is C=CC(=C=CC)CCCCC. The summed E-state index contributed by atoms with van der Waals surface area (Å²) in [5.74, 6) is 0. The third kappa shape index (κ3) is 5.69. The fourth-order valence-electron chi connectivity index (χ4n) is 0.984. The quantitative estimate of drug-likeness (QED) is 0.317. The molecule has 0 fully saturated rings. The van der Waals surface area contributed by atoms with Crippen molar-refractivity contribution in [1.29, 1.82) is 0 Å². The minimum Gasteiger partial charge on any atom is -0.122 e. The van der Waals surface area contributed by atoms with Crippen LogP contribution >= 0.6 is 0 Å². The van der Waals surface area contributed by atoms with Crippen molar-refractivity contribution in [1.82, 2.24) is 0 Å². The molecule has 62 valence electrons. The van der Waals surface area contributed by atoms with Gasteiger partial charge in [0, 0.05) is 0 Å². The Hall–Kier alpha value is -0.740. The van der Waals surface area contributed by atoms with Gasteiger partial charge in [-0.1, -0.05) is 32.4 Å². The van der Waals surface area contributed by atoms with Gasteiger partial charge in [-0.05, 0) is 31.4 Å². The molecule has 0 aromatic rings. The van der Waals surface area contributed by atoms with E-state index in [1.807, 2.05) is 19.1 Å². The highest BCUT2D eigenvalue weighted by Crippen LogP contribution is 2.07. The van der Waals surface area contributed by atoms with Gasteiger partial charge in [0.05, 0.1) is 0 Å². The van der Waals surface area contributed by atoms with Crippen molar-refractivity contribution >= 4 is 0 Å². The molecule has 0 aliphatic carbocycles. The van der Waals surface area contributed by atoms with Crippen molar-refractivity contribution in [2.45, 2.75) is 39.5 Å². The molecule has 0 heteroatoms. The Balaban J connectivity index is 3.71. The Kier molecular flexibility index (Phi) is 6.87. The summed E-state index contributed by atoms with van der Waals surface area (Å²) in [5.41, 5.74) is 4.40. The lowest BCUT2D eigenvalue weighted by molar-refractivity contribution is 0.720. The summed E-state index contributed by atoms with van der Waals surface area (Å²) in [4.78, 5) is 0. The zero-order valence-electron chi connectivity index (χ0n) is 7.69. The fraction of sp³-hybridized carbons (Fsp3) is 0.545. The lowest BCUT2D eigenvalue weighted by Gasteiger charge is -1.96. The van der Waals surface area contributed by atoms with Crippen LogP contribution in [0.15, 0.2) is 30.0 Å². The van der Waals surface area contributed by atoms with E-state index in [2.05, 4.69) is 19.2 Å². The predicted molar refractivity (Wildman–Crippen MR) is 51.6 cm³/mol. The van der Waals surface area contributed by atoms with Gasteiger partial charge < -0.3 is 0 Å². The first-order valence-electron chi connectivity index (χ1n) is 4.37. The minimum atomic E-state index is 1.13. The first-order valence-corrected chi connectivity index (χ1v) is 4.37. The maximum Gasteiger partial charge on any atom is -0.00697 e. The first-order chi connectivity index (χ1) is 5.35. The first kappa shape index (κ1) is 10.3. The normalized spacial score (nSPS) is 8.55. The zero-order chi connectivity index (χ0) is 8.53. The van der Waals surface area contributed by atoms with Gasteiger partial charge in [0.15, 0.2) is 0 Å². The highest BCUT2D eigenvalue weighted by Gasteiger charge is 1.89. The number of hydrogen-bond donors (Lipinski definition) is 0. The van der Waals surface area contributed by atoms with Gasteiger partial charge in [-0.3, -0.25) is 0 Å². The molecule has 0 amide bonds. The Morgan fingerprint density at radius 1 is 1.45 bits per heavy atom. The lowest BCUT2D eigenvalue weighted by atomic mass is 10.1. The summed E-state index contributed by atoms with van der Waals surface area (Å²) in [6.45, 7) is 7.94. The van der Waals surface area contributed by atoms with Crippen LogP contribution in [0.5, 0.6) is 0 Å². The standard InChI is InChI=1S/C11H18/c1-4-7-8-10-11(6-3)9-5-2/h5-6H,3-4,7-8,10H2,1-2H3. The van der Waals surface area contributed by atoms with Gasteiger partial charge in [0.25, 0.3) is 0 Å². The van der Waals surface area contributed by atoms with E-state index in [4.69, 9.17) is 0 Å². The highest BCUT2D eigenvalue weighted by molar-refractivity contribution is 5.14. The van der Waals surface area contributed by atoms with Crippen LogP contribution in [0.25, 0.3) is 0 Å². The molecule has 0 heterocycles. The van der Waals surface area contributed by atoms with Gasteiger partial charge in [0.2, 0.25) is 0 Å². The van der Waals surface area contributed by atoms with E-state index < -0.39 is 0 Å². The monoisotopic (exact) mass is 150 g/mol. The van der Waals surface area contributed by atoms with Crippen molar-refractivity contribution in [3.05, 3.63) is 30.0 Å². The number of hydrogen-bond acceptors (Lipinski definition) is 0. The molecule has 0 bridgehead atoms. The Morgan fingerprint density at radius 3 is 2.64 bits per heavy atom. The number of allylic oxidation sites excluding steroid dienone is 2. The second-order valence-electron chi connectivity index (χ2n) is 2.62. The molecule has 0 aliphatic heterocycles. The van der Waals surface area contributed by atoms with Crippen molar-refractivity contribution < 1.29 is 0 Å². The van der Waals surface area contributed by atoms with Gasteiger partial charge in [0.1, 0.15) is 0 Å². The average molecular weight is 150 g/mol. The van der Waals surface area contributed by atoms with Crippen molar-refractivity contribution in [2.24, 2.45) is 0 Å². The molecule has 0 aromatic carbocycles. The van der Waals surface area contributed by atoms with Crippen LogP contribution < -0.4 is 0 Å². The average Bonchev–Trinajstić information content (AvgIpc) is 2.03. The molecule has 0 aliphatic rings. The van der Waals surface area contributed by atoms with E-state index in [0.717, 1.165) is 6.42 Å². The minimum absolute atomic E-state index is 1.13. The lowest BCUT2D eigenvalue weighted by Crippen LogP contribution is -1.77. The van der Waals surface area contributed by atoms with Gasteiger partial charge in [-0.25, -0.2) is 0 Å².